The number of benzene rings is 3. The van der Waals surface area contributed by atoms with Crippen molar-refractivity contribution in [2.75, 3.05) is 0 Å². The second-order valence-corrected chi connectivity index (χ2v) is 8.21. The van der Waals surface area contributed by atoms with Gasteiger partial charge in [0.25, 0.3) is 0 Å². The van der Waals surface area contributed by atoms with E-state index in [1.54, 1.807) is 11.3 Å². The van der Waals surface area contributed by atoms with Crippen LogP contribution in [-0.2, 0) is 0 Å². The summed E-state index contributed by atoms with van der Waals surface area (Å²) in [4.78, 5) is 6.21. The Morgan fingerprint density at radius 3 is 2.26 bits per heavy atom. The van der Waals surface area contributed by atoms with Crippen LogP contribution in [0.1, 0.15) is 11.1 Å². The van der Waals surface area contributed by atoms with Gasteiger partial charge in [0, 0.05) is 10.4 Å². The van der Waals surface area contributed by atoms with E-state index in [2.05, 4.69) is 92.7 Å². The monoisotopic (exact) mass is 365 g/mol. The molecule has 2 heterocycles. The first-order valence-corrected chi connectivity index (χ1v) is 9.96. The Balaban J connectivity index is 1.60. The molecule has 0 N–H and O–H groups in total. The predicted molar refractivity (Wildman–Crippen MR) is 117 cm³/mol. The van der Waals surface area contributed by atoms with Gasteiger partial charge in [0.1, 0.15) is 0 Å². The molecule has 0 aliphatic heterocycles. The maximum atomic E-state index is 4.95. The van der Waals surface area contributed by atoms with Gasteiger partial charge in [0.2, 0.25) is 0 Å². The lowest BCUT2D eigenvalue weighted by Crippen LogP contribution is -1.86. The summed E-state index contributed by atoms with van der Waals surface area (Å²) < 4.78 is 1.23. The van der Waals surface area contributed by atoms with Crippen LogP contribution < -0.4 is 0 Å². The van der Waals surface area contributed by atoms with Gasteiger partial charge in [-0.25, -0.2) is 4.98 Å². The summed E-state index contributed by atoms with van der Waals surface area (Å²) in [5, 5.41) is 2.55. The van der Waals surface area contributed by atoms with Crippen molar-refractivity contribution in [3.8, 4) is 21.7 Å². The highest BCUT2D eigenvalue weighted by Gasteiger charge is 2.09. The highest BCUT2D eigenvalue weighted by Crippen LogP contribution is 2.35. The summed E-state index contributed by atoms with van der Waals surface area (Å²) in [5.74, 6) is 0. The second kappa shape index (κ2) is 6.33. The van der Waals surface area contributed by atoms with Crippen LogP contribution in [0.5, 0.6) is 0 Å². The molecular weight excluding hydrogens is 346 g/mol. The largest absolute Gasteiger partial charge is 0.247 e. The van der Waals surface area contributed by atoms with Gasteiger partial charge in [0.05, 0.1) is 15.9 Å². The van der Waals surface area contributed by atoms with Gasteiger partial charge in [-0.3, -0.25) is 0 Å². The Morgan fingerprint density at radius 1 is 0.667 bits per heavy atom. The number of aryl methyl sites for hydroxylation is 2. The molecule has 0 spiro atoms. The quantitative estimate of drug-likeness (QED) is 0.317. The highest BCUT2D eigenvalue weighted by atomic mass is 32.1. The summed E-state index contributed by atoms with van der Waals surface area (Å²) >= 11 is 1.81. The standard InChI is InChI=1S/C25H19NS/c1-16-11-17(2)13-21(12-16)22-9-10-24-23(26-22)15-25(27-24)20-8-7-18-5-3-4-6-19(18)14-20/h3-15H,1-2H3. The third kappa shape index (κ3) is 3.02. The fourth-order valence-corrected chi connectivity index (χ4v) is 4.69. The zero-order chi connectivity index (χ0) is 18.4. The number of fused-ring (bicyclic) bond motifs is 2. The molecule has 0 saturated carbocycles. The number of nitrogens with zero attached hydrogens (tertiary/aromatic N) is 1. The molecule has 0 unspecified atom stereocenters. The van der Waals surface area contributed by atoms with Crippen LogP contribution in [0.2, 0.25) is 0 Å². The molecular formula is C25H19NS. The van der Waals surface area contributed by atoms with Gasteiger partial charge < -0.3 is 0 Å². The molecule has 3 aromatic carbocycles. The van der Waals surface area contributed by atoms with Gasteiger partial charge in [-0.15, -0.1) is 11.3 Å². The fourth-order valence-electron chi connectivity index (χ4n) is 3.69. The second-order valence-electron chi connectivity index (χ2n) is 7.13. The van der Waals surface area contributed by atoms with E-state index in [1.807, 2.05) is 0 Å². The molecule has 27 heavy (non-hydrogen) atoms. The molecule has 0 saturated heterocycles. The normalized spacial score (nSPS) is 11.3. The van der Waals surface area contributed by atoms with Crippen molar-refractivity contribution in [2.45, 2.75) is 13.8 Å². The maximum Gasteiger partial charge on any atom is 0.0823 e. The molecule has 0 amide bonds. The van der Waals surface area contributed by atoms with E-state index in [9.17, 15) is 0 Å². The molecule has 1 nitrogen and oxygen atoms in total. The van der Waals surface area contributed by atoms with Crippen molar-refractivity contribution in [1.29, 1.82) is 0 Å². The van der Waals surface area contributed by atoms with Crippen molar-refractivity contribution in [3.63, 3.8) is 0 Å². The molecule has 2 heteroatoms. The van der Waals surface area contributed by atoms with Crippen LogP contribution in [0.25, 0.3) is 42.7 Å². The van der Waals surface area contributed by atoms with Crippen molar-refractivity contribution in [3.05, 3.63) is 90.0 Å². The Bertz CT molecular complexity index is 1280. The van der Waals surface area contributed by atoms with Crippen molar-refractivity contribution in [2.24, 2.45) is 0 Å². The molecule has 5 aromatic rings. The number of pyridine rings is 1. The molecule has 0 bridgehead atoms. The van der Waals surface area contributed by atoms with Crippen LogP contribution in [0.15, 0.2) is 78.9 Å². The van der Waals surface area contributed by atoms with Crippen LogP contribution in [0, 0.1) is 13.8 Å². The van der Waals surface area contributed by atoms with E-state index in [-0.39, 0.29) is 0 Å². The molecule has 0 aliphatic rings. The van der Waals surface area contributed by atoms with Crippen molar-refractivity contribution < 1.29 is 0 Å². The van der Waals surface area contributed by atoms with E-state index in [0.29, 0.717) is 0 Å². The topological polar surface area (TPSA) is 12.9 Å². The Hall–Kier alpha value is -2.97. The van der Waals surface area contributed by atoms with Crippen molar-refractivity contribution >= 4 is 32.3 Å². The molecule has 130 valence electrons. The van der Waals surface area contributed by atoms with Gasteiger partial charge in [0.15, 0.2) is 0 Å². The van der Waals surface area contributed by atoms with Crippen LogP contribution in [0.3, 0.4) is 0 Å². The number of hydrogen-bond donors (Lipinski definition) is 0. The van der Waals surface area contributed by atoms with Crippen LogP contribution >= 0.6 is 11.3 Å². The number of thiophene rings is 1. The SMILES string of the molecule is Cc1cc(C)cc(-c2ccc3sc(-c4ccc5ccccc5c4)cc3n2)c1. The summed E-state index contributed by atoms with van der Waals surface area (Å²) in [5.41, 5.74) is 7.10. The van der Waals surface area contributed by atoms with E-state index < -0.39 is 0 Å². The zero-order valence-electron chi connectivity index (χ0n) is 15.4. The third-order valence-electron chi connectivity index (χ3n) is 4.93. The Morgan fingerprint density at radius 2 is 1.44 bits per heavy atom. The van der Waals surface area contributed by atoms with Gasteiger partial charge >= 0.3 is 0 Å². The smallest absolute Gasteiger partial charge is 0.0823 e. The summed E-state index contributed by atoms with van der Waals surface area (Å²) in [6.45, 7) is 4.27. The maximum absolute atomic E-state index is 4.95. The Labute approximate surface area is 162 Å². The summed E-state index contributed by atoms with van der Waals surface area (Å²) in [6.07, 6.45) is 0. The minimum absolute atomic E-state index is 1.04. The summed E-state index contributed by atoms with van der Waals surface area (Å²) in [7, 11) is 0. The minimum atomic E-state index is 1.04. The van der Waals surface area contributed by atoms with Crippen molar-refractivity contribution in [1.82, 2.24) is 4.98 Å². The van der Waals surface area contributed by atoms with Gasteiger partial charge in [-0.2, -0.15) is 0 Å². The van der Waals surface area contributed by atoms with Gasteiger partial charge in [-0.05, 0) is 66.6 Å². The highest BCUT2D eigenvalue weighted by molar-refractivity contribution is 7.22. The van der Waals surface area contributed by atoms with E-state index in [4.69, 9.17) is 4.98 Å². The minimum Gasteiger partial charge on any atom is -0.247 e. The van der Waals surface area contributed by atoms with Gasteiger partial charge in [-0.1, -0.05) is 53.6 Å². The lowest BCUT2D eigenvalue weighted by atomic mass is 10.0. The van der Waals surface area contributed by atoms with E-state index in [1.165, 1.54) is 42.6 Å². The number of hydrogen-bond acceptors (Lipinski definition) is 2. The zero-order valence-corrected chi connectivity index (χ0v) is 16.2. The van der Waals surface area contributed by atoms with E-state index in [0.717, 1.165) is 11.2 Å². The Kier molecular flexibility index (Phi) is 3.80. The average molecular weight is 366 g/mol. The fraction of sp³-hybridized carbons (Fsp3) is 0.0800. The lowest BCUT2D eigenvalue weighted by Gasteiger charge is -2.04. The molecule has 2 aromatic heterocycles. The molecule has 0 fully saturated rings. The van der Waals surface area contributed by atoms with Crippen LogP contribution in [-0.4, -0.2) is 4.98 Å². The average Bonchev–Trinajstić information content (AvgIpc) is 3.10. The molecule has 0 aliphatic carbocycles. The first kappa shape index (κ1) is 16.2. The lowest BCUT2D eigenvalue weighted by molar-refractivity contribution is 1.35. The summed E-state index contributed by atoms with van der Waals surface area (Å²) in [6, 6.07) is 28.3. The van der Waals surface area contributed by atoms with E-state index >= 15 is 0 Å². The first-order valence-electron chi connectivity index (χ1n) is 9.14. The molecule has 0 radical (unpaired) electrons. The molecule has 0 atom stereocenters. The number of aromatic nitrogens is 1. The third-order valence-corrected chi connectivity index (χ3v) is 6.06. The first-order chi connectivity index (χ1) is 13.2. The predicted octanol–water partition coefficient (Wildman–Crippen LogP) is 7.40. The molecule has 5 rings (SSSR count). The van der Waals surface area contributed by atoms with Crippen LogP contribution in [0.4, 0.5) is 0 Å². The number of rotatable bonds is 2.